The van der Waals surface area contributed by atoms with Crippen molar-refractivity contribution < 1.29 is 9.53 Å². The summed E-state index contributed by atoms with van der Waals surface area (Å²) in [6.07, 6.45) is 1.60. The highest BCUT2D eigenvalue weighted by Crippen LogP contribution is 2.25. The maximum Gasteiger partial charge on any atom is 0.250 e. The number of nitrogens with one attached hydrogen (secondary N) is 1. The van der Waals surface area contributed by atoms with E-state index in [0.29, 0.717) is 0 Å². The standard InChI is InChI=1S/C17H20N2O3/c1-12-7-8-15(22-3)14(10-12)13(2)18-16(20)11-19-9-5-4-6-17(19)21/h4-10,13H,11H2,1-3H3,(H,18,20). The van der Waals surface area contributed by atoms with Gasteiger partial charge in [0.1, 0.15) is 12.3 Å². The molecule has 0 bridgehead atoms. The Hall–Kier alpha value is -2.56. The fourth-order valence-corrected chi connectivity index (χ4v) is 2.30. The number of pyridine rings is 1. The molecule has 1 atom stereocenters. The molecule has 0 fully saturated rings. The topological polar surface area (TPSA) is 60.3 Å². The molecule has 22 heavy (non-hydrogen) atoms. The number of benzene rings is 1. The predicted molar refractivity (Wildman–Crippen MR) is 85.0 cm³/mol. The highest BCUT2D eigenvalue weighted by molar-refractivity contribution is 5.76. The van der Waals surface area contributed by atoms with E-state index in [1.807, 2.05) is 32.0 Å². The summed E-state index contributed by atoms with van der Waals surface area (Å²) in [7, 11) is 1.60. The quantitative estimate of drug-likeness (QED) is 0.919. The van der Waals surface area contributed by atoms with Gasteiger partial charge in [-0.2, -0.15) is 0 Å². The highest BCUT2D eigenvalue weighted by Gasteiger charge is 2.14. The van der Waals surface area contributed by atoms with Crippen LogP contribution in [0.3, 0.4) is 0 Å². The monoisotopic (exact) mass is 300 g/mol. The minimum atomic E-state index is -0.218. The normalized spacial score (nSPS) is 11.8. The molecule has 1 N–H and O–H groups in total. The van der Waals surface area contributed by atoms with E-state index in [4.69, 9.17) is 4.74 Å². The lowest BCUT2D eigenvalue weighted by molar-refractivity contribution is -0.122. The number of hydrogen-bond donors (Lipinski definition) is 1. The summed E-state index contributed by atoms with van der Waals surface area (Å²) in [5.41, 5.74) is 1.81. The number of aryl methyl sites for hydroxylation is 1. The van der Waals surface area contributed by atoms with Gasteiger partial charge in [-0.3, -0.25) is 9.59 Å². The lowest BCUT2D eigenvalue weighted by Crippen LogP contribution is -2.33. The van der Waals surface area contributed by atoms with Gasteiger partial charge in [-0.05, 0) is 26.0 Å². The summed E-state index contributed by atoms with van der Waals surface area (Å²) in [5.74, 6) is 0.514. The zero-order valence-electron chi connectivity index (χ0n) is 13.0. The van der Waals surface area contributed by atoms with Crippen LogP contribution in [0.25, 0.3) is 0 Å². The number of carbonyl (C=O) groups is 1. The number of amides is 1. The van der Waals surface area contributed by atoms with Crippen LogP contribution in [-0.2, 0) is 11.3 Å². The van der Waals surface area contributed by atoms with Crippen molar-refractivity contribution in [3.63, 3.8) is 0 Å². The lowest BCUT2D eigenvalue weighted by Gasteiger charge is -2.18. The van der Waals surface area contributed by atoms with Crippen molar-refractivity contribution in [2.45, 2.75) is 26.4 Å². The summed E-state index contributed by atoms with van der Waals surface area (Å²) < 4.78 is 6.70. The minimum Gasteiger partial charge on any atom is -0.496 e. The van der Waals surface area contributed by atoms with Crippen molar-refractivity contribution in [3.05, 3.63) is 64.1 Å². The van der Waals surface area contributed by atoms with Crippen LogP contribution in [-0.4, -0.2) is 17.6 Å². The number of aromatic nitrogens is 1. The second-order valence-electron chi connectivity index (χ2n) is 5.20. The second-order valence-corrected chi connectivity index (χ2v) is 5.20. The average molecular weight is 300 g/mol. The van der Waals surface area contributed by atoms with Gasteiger partial charge >= 0.3 is 0 Å². The van der Waals surface area contributed by atoms with Crippen molar-refractivity contribution in [1.82, 2.24) is 9.88 Å². The number of ether oxygens (including phenoxy) is 1. The Morgan fingerprint density at radius 3 is 2.77 bits per heavy atom. The third-order valence-electron chi connectivity index (χ3n) is 3.44. The maximum absolute atomic E-state index is 12.1. The third kappa shape index (κ3) is 3.75. The highest BCUT2D eigenvalue weighted by atomic mass is 16.5. The Balaban J connectivity index is 2.10. The molecular formula is C17H20N2O3. The van der Waals surface area contributed by atoms with E-state index in [0.717, 1.165) is 16.9 Å². The van der Waals surface area contributed by atoms with E-state index in [9.17, 15) is 9.59 Å². The Morgan fingerprint density at radius 1 is 1.32 bits per heavy atom. The number of hydrogen-bond acceptors (Lipinski definition) is 3. The first-order valence-corrected chi connectivity index (χ1v) is 7.10. The van der Waals surface area contributed by atoms with E-state index in [-0.39, 0.29) is 24.1 Å². The molecule has 0 radical (unpaired) electrons. The first kappa shape index (κ1) is 15.8. The molecule has 1 aromatic heterocycles. The van der Waals surface area contributed by atoms with Crippen molar-refractivity contribution in [3.8, 4) is 5.75 Å². The zero-order chi connectivity index (χ0) is 16.1. The van der Waals surface area contributed by atoms with Crippen molar-refractivity contribution in [1.29, 1.82) is 0 Å². The Bertz CT molecular complexity index is 722. The van der Waals surface area contributed by atoms with Crippen molar-refractivity contribution in [2.75, 3.05) is 7.11 Å². The molecule has 2 rings (SSSR count). The summed E-state index contributed by atoms with van der Waals surface area (Å²) >= 11 is 0. The fourth-order valence-electron chi connectivity index (χ4n) is 2.30. The van der Waals surface area contributed by atoms with Crippen LogP contribution in [0, 0.1) is 6.92 Å². The predicted octanol–water partition coefficient (Wildman–Crippen LogP) is 2.04. The molecule has 1 heterocycles. The van der Waals surface area contributed by atoms with Crippen LogP contribution >= 0.6 is 0 Å². The SMILES string of the molecule is COc1ccc(C)cc1C(C)NC(=O)Cn1ccccc1=O. The molecule has 1 amide bonds. The largest absolute Gasteiger partial charge is 0.496 e. The molecule has 0 saturated carbocycles. The summed E-state index contributed by atoms with van der Waals surface area (Å²) in [5, 5.41) is 2.90. The van der Waals surface area contributed by atoms with Crippen molar-refractivity contribution >= 4 is 5.91 Å². The molecule has 2 aromatic rings. The van der Waals surface area contributed by atoms with Gasteiger partial charge in [0.25, 0.3) is 5.56 Å². The van der Waals surface area contributed by atoms with Crippen LogP contribution < -0.4 is 15.6 Å². The Morgan fingerprint density at radius 2 is 2.09 bits per heavy atom. The van der Waals surface area contributed by atoms with Gasteiger partial charge < -0.3 is 14.6 Å². The number of methoxy groups -OCH3 is 1. The minimum absolute atomic E-state index is 0.00184. The van der Waals surface area contributed by atoms with E-state index in [1.165, 1.54) is 10.6 Å². The first-order chi connectivity index (χ1) is 10.5. The molecule has 116 valence electrons. The van der Waals surface area contributed by atoms with Gasteiger partial charge in [0.15, 0.2) is 0 Å². The smallest absolute Gasteiger partial charge is 0.250 e. The second kappa shape index (κ2) is 6.93. The third-order valence-corrected chi connectivity index (χ3v) is 3.44. The van der Waals surface area contributed by atoms with Crippen LogP contribution in [0.2, 0.25) is 0 Å². The lowest BCUT2D eigenvalue weighted by atomic mass is 10.0. The van der Waals surface area contributed by atoms with E-state index >= 15 is 0 Å². The summed E-state index contributed by atoms with van der Waals surface area (Å²) in [6, 6.07) is 10.4. The van der Waals surface area contributed by atoms with Crippen LogP contribution in [0.1, 0.15) is 24.1 Å². The van der Waals surface area contributed by atoms with Gasteiger partial charge in [-0.1, -0.05) is 23.8 Å². The van der Waals surface area contributed by atoms with Gasteiger partial charge in [0.2, 0.25) is 5.91 Å². The van der Waals surface area contributed by atoms with E-state index < -0.39 is 0 Å². The Kier molecular flexibility index (Phi) is 4.99. The van der Waals surface area contributed by atoms with Gasteiger partial charge in [-0.25, -0.2) is 0 Å². The van der Waals surface area contributed by atoms with E-state index in [2.05, 4.69) is 5.32 Å². The zero-order valence-corrected chi connectivity index (χ0v) is 13.0. The number of nitrogens with zero attached hydrogens (tertiary/aromatic N) is 1. The molecule has 5 heteroatoms. The number of rotatable bonds is 5. The molecule has 0 saturated heterocycles. The fraction of sp³-hybridized carbons (Fsp3) is 0.294. The Labute approximate surface area is 129 Å². The summed E-state index contributed by atoms with van der Waals surface area (Å²) in [6.45, 7) is 3.88. The molecule has 0 aliphatic heterocycles. The maximum atomic E-state index is 12.1. The van der Waals surface area contributed by atoms with E-state index in [1.54, 1.807) is 25.4 Å². The van der Waals surface area contributed by atoms with Gasteiger partial charge in [0.05, 0.1) is 13.2 Å². The molecule has 0 aliphatic carbocycles. The molecule has 0 aliphatic rings. The average Bonchev–Trinajstić information content (AvgIpc) is 2.49. The van der Waals surface area contributed by atoms with Crippen LogP contribution in [0.15, 0.2) is 47.4 Å². The summed E-state index contributed by atoms with van der Waals surface area (Å²) in [4.78, 5) is 23.7. The molecule has 1 aromatic carbocycles. The van der Waals surface area contributed by atoms with Crippen LogP contribution in [0.4, 0.5) is 0 Å². The van der Waals surface area contributed by atoms with Crippen molar-refractivity contribution in [2.24, 2.45) is 0 Å². The number of carbonyl (C=O) groups excluding carboxylic acids is 1. The molecule has 1 unspecified atom stereocenters. The first-order valence-electron chi connectivity index (χ1n) is 7.10. The van der Waals surface area contributed by atoms with Gasteiger partial charge in [-0.15, -0.1) is 0 Å². The molecular weight excluding hydrogens is 280 g/mol. The van der Waals surface area contributed by atoms with Crippen LogP contribution in [0.5, 0.6) is 5.75 Å². The molecule has 0 spiro atoms. The van der Waals surface area contributed by atoms with Gasteiger partial charge in [0, 0.05) is 17.8 Å². The molecule has 5 nitrogen and oxygen atoms in total.